The SMILES string of the molecule is COC(=O)Nc1ccc2c(c1)NC(=O)CCc1nc(ccc1F)CC(NC(=O)/C=C/c1c(F)ccc(Cl)c1F)c1nc-2c(C)[nH]1. The normalized spacial score (nSPS) is 14.7. The van der Waals surface area contributed by atoms with Crippen molar-refractivity contribution in [2.45, 2.75) is 32.2 Å². The van der Waals surface area contributed by atoms with Crippen molar-refractivity contribution in [1.29, 1.82) is 0 Å². The second-order valence-electron chi connectivity index (χ2n) is 10.1. The number of carbonyl (C=O) groups excluding carboxylic acids is 3. The Morgan fingerprint density at radius 3 is 2.62 bits per heavy atom. The summed E-state index contributed by atoms with van der Waals surface area (Å²) in [7, 11) is 1.21. The van der Waals surface area contributed by atoms with Gasteiger partial charge < -0.3 is 20.4 Å². The van der Waals surface area contributed by atoms with Crippen LogP contribution in [0.15, 0.2) is 48.5 Å². The number of hydrogen-bond donors (Lipinski definition) is 4. The van der Waals surface area contributed by atoms with E-state index in [0.29, 0.717) is 39.8 Å². The van der Waals surface area contributed by atoms with Gasteiger partial charge in [-0.05, 0) is 55.5 Å². The molecule has 232 valence electrons. The van der Waals surface area contributed by atoms with Crippen LogP contribution in [0.3, 0.4) is 0 Å². The minimum Gasteiger partial charge on any atom is -0.453 e. The van der Waals surface area contributed by atoms with Crippen LogP contribution < -0.4 is 16.0 Å². The Labute approximate surface area is 260 Å². The van der Waals surface area contributed by atoms with E-state index in [4.69, 9.17) is 16.6 Å². The fourth-order valence-electron chi connectivity index (χ4n) is 4.77. The smallest absolute Gasteiger partial charge is 0.411 e. The fourth-order valence-corrected chi connectivity index (χ4v) is 4.94. The first kappa shape index (κ1) is 31.3. The van der Waals surface area contributed by atoms with Crippen molar-refractivity contribution in [3.05, 3.63) is 99.5 Å². The number of amides is 3. The summed E-state index contributed by atoms with van der Waals surface area (Å²) in [6, 6.07) is 8.66. The molecule has 0 aliphatic carbocycles. The van der Waals surface area contributed by atoms with Gasteiger partial charge in [0.15, 0.2) is 5.82 Å². The van der Waals surface area contributed by atoms with Gasteiger partial charge in [0.1, 0.15) is 17.5 Å². The van der Waals surface area contributed by atoms with E-state index in [1.54, 1.807) is 19.1 Å². The van der Waals surface area contributed by atoms with Crippen molar-refractivity contribution < 1.29 is 32.3 Å². The van der Waals surface area contributed by atoms with E-state index in [1.165, 1.54) is 25.3 Å². The van der Waals surface area contributed by atoms with Crippen LogP contribution in [-0.2, 0) is 27.2 Å². The molecule has 4 N–H and O–H groups in total. The average molecular weight is 639 g/mol. The van der Waals surface area contributed by atoms with Gasteiger partial charge in [-0.1, -0.05) is 11.6 Å². The summed E-state index contributed by atoms with van der Waals surface area (Å²) in [5.41, 5.74) is 2.12. The summed E-state index contributed by atoms with van der Waals surface area (Å²) in [6.45, 7) is 1.74. The summed E-state index contributed by atoms with van der Waals surface area (Å²) >= 11 is 5.76. The molecule has 0 fully saturated rings. The average Bonchev–Trinajstić information content (AvgIpc) is 3.39. The van der Waals surface area contributed by atoms with Gasteiger partial charge in [-0.2, -0.15) is 0 Å². The molecular formula is C31H26ClF3N6O4. The molecular weight excluding hydrogens is 613 g/mol. The molecule has 2 aromatic heterocycles. The quantitative estimate of drug-likeness (QED) is 0.159. The molecule has 1 unspecified atom stereocenters. The molecule has 3 heterocycles. The molecule has 4 bridgehead atoms. The summed E-state index contributed by atoms with van der Waals surface area (Å²) in [4.78, 5) is 50.1. The van der Waals surface area contributed by atoms with Crippen LogP contribution in [0.4, 0.5) is 29.3 Å². The molecule has 0 saturated carbocycles. The summed E-state index contributed by atoms with van der Waals surface area (Å²) < 4.78 is 47.9. The maximum Gasteiger partial charge on any atom is 0.411 e. The molecule has 4 aromatic rings. The topological polar surface area (TPSA) is 138 Å². The number of aromatic amines is 1. The van der Waals surface area contributed by atoms with Crippen LogP contribution >= 0.6 is 11.6 Å². The Bertz CT molecular complexity index is 1840. The van der Waals surface area contributed by atoms with Crippen molar-refractivity contribution in [2.75, 3.05) is 17.7 Å². The predicted molar refractivity (Wildman–Crippen MR) is 161 cm³/mol. The number of nitrogens with one attached hydrogen (secondary N) is 4. The molecule has 5 rings (SSSR count). The second-order valence-corrected chi connectivity index (χ2v) is 10.5. The number of hydrogen-bond acceptors (Lipinski definition) is 6. The van der Waals surface area contributed by atoms with Crippen molar-refractivity contribution in [1.82, 2.24) is 20.3 Å². The Morgan fingerprint density at radius 1 is 1.07 bits per heavy atom. The maximum absolute atomic E-state index is 14.7. The Morgan fingerprint density at radius 2 is 1.84 bits per heavy atom. The summed E-state index contributed by atoms with van der Waals surface area (Å²) in [5, 5.41) is 7.82. The van der Waals surface area contributed by atoms with E-state index in [9.17, 15) is 27.6 Å². The van der Waals surface area contributed by atoms with E-state index in [1.807, 2.05) is 0 Å². The number of aromatic nitrogens is 3. The number of halogens is 4. The molecule has 2 aromatic carbocycles. The third-order valence-corrected chi connectivity index (χ3v) is 7.28. The zero-order valence-electron chi connectivity index (χ0n) is 23.9. The number of imidazole rings is 1. The van der Waals surface area contributed by atoms with Crippen molar-refractivity contribution in [3.8, 4) is 11.3 Å². The van der Waals surface area contributed by atoms with Crippen LogP contribution in [0, 0.1) is 24.4 Å². The maximum atomic E-state index is 14.7. The van der Waals surface area contributed by atoms with Gasteiger partial charge in [0, 0.05) is 53.5 Å². The Balaban J connectivity index is 1.55. The van der Waals surface area contributed by atoms with Crippen LogP contribution in [0.1, 0.15) is 40.9 Å². The van der Waals surface area contributed by atoms with Crippen LogP contribution in [0.25, 0.3) is 17.3 Å². The highest BCUT2D eigenvalue weighted by atomic mass is 35.5. The van der Waals surface area contributed by atoms with Crippen LogP contribution in [0.2, 0.25) is 5.02 Å². The highest BCUT2D eigenvalue weighted by Crippen LogP contribution is 2.33. The zero-order valence-corrected chi connectivity index (χ0v) is 24.7. The standard InChI is InChI=1S/C31H26ClF3N6O4/c1-15-29-19-5-3-17(38-31(44)45-2)13-24(19)39-27(43)12-10-23-22(34)8-4-16(37-23)14-25(30(36-15)41-29)40-26(42)11-6-18-21(33)9-7-20(32)28(18)35/h3-9,11,13,25H,10,12,14H2,1-2H3,(H,36,41)(H,38,44)(H,39,43)(H,40,42)/b11-6+. The number of anilines is 2. The minimum atomic E-state index is -1.01. The molecule has 0 radical (unpaired) electrons. The predicted octanol–water partition coefficient (Wildman–Crippen LogP) is 6.03. The van der Waals surface area contributed by atoms with Gasteiger partial charge in [-0.3, -0.25) is 19.9 Å². The second kappa shape index (κ2) is 13.2. The third-order valence-electron chi connectivity index (χ3n) is 6.99. The summed E-state index contributed by atoms with van der Waals surface area (Å²) in [5.74, 6) is -3.35. The number of benzene rings is 2. The number of methoxy groups -OCH3 is 1. The van der Waals surface area contributed by atoms with E-state index in [-0.39, 0.29) is 30.0 Å². The van der Waals surface area contributed by atoms with Crippen molar-refractivity contribution in [3.63, 3.8) is 0 Å². The van der Waals surface area contributed by atoms with Crippen molar-refractivity contribution in [2.24, 2.45) is 0 Å². The highest BCUT2D eigenvalue weighted by Gasteiger charge is 2.24. The molecule has 0 spiro atoms. The van der Waals surface area contributed by atoms with E-state index in [0.717, 1.165) is 24.3 Å². The van der Waals surface area contributed by atoms with Gasteiger partial charge in [0.05, 0.1) is 35.2 Å². The lowest BCUT2D eigenvalue weighted by atomic mass is 10.1. The molecule has 0 saturated heterocycles. The van der Waals surface area contributed by atoms with Crippen LogP contribution in [0.5, 0.6) is 0 Å². The number of rotatable bonds is 4. The minimum absolute atomic E-state index is 0.0155. The van der Waals surface area contributed by atoms with Gasteiger partial charge in [0.2, 0.25) is 11.8 Å². The number of ether oxygens (including phenoxy) is 1. The van der Waals surface area contributed by atoms with E-state index in [2.05, 4.69) is 30.7 Å². The summed E-state index contributed by atoms with van der Waals surface area (Å²) in [6.07, 6.45) is 1.16. The number of carbonyl (C=O) groups is 3. The lowest BCUT2D eigenvalue weighted by Crippen LogP contribution is -2.29. The first-order valence-electron chi connectivity index (χ1n) is 13.6. The Kier molecular flexibility index (Phi) is 9.18. The largest absolute Gasteiger partial charge is 0.453 e. The first-order chi connectivity index (χ1) is 21.5. The molecule has 3 amide bonds. The lowest BCUT2D eigenvalue weighted by molar-refractivity contribution is -0.117. The van der Waals surface area contributed by atoms with Crippen molar-refractivity contribution >= 4 is 47.0 Å². The van der Waals surface area contributed by atoms with Gasteiger partial charge in [0.25, 0.3) is 0 Å². The number of pyridine rings is 1. The Hall–Kier alpha value is -5.17. The fraction of sp³-hybridized carbons (Fsp3) is 0.194. The number of H-pyrrole nitrogens is 1. The number of aryl methyl sites for hydroxylation is 2. The number of nitrogens with zero attached hydrogens (tertiary/aromatic N) is 2. The van der Waals surface area contributed by atoms with Gasteiger partial charge in [-0.15, -0.1) is 0 Å². The molecule has 14 heteroatoms. The van der Waals surface area contributed by atoms with Gasteiger partial charge in [-0.25, -0.2) is 22.9 Å². The molecule has 1 atom stereocenters. The molecule has 45 heavy (non-hydrogen) atoms. The molecule has 1 aliphatic rings. The number of fused-ring (bicyclic) bond motifs is 6. The lowest BCUT2D eigenvalue weighted by Gasteiger charge is -2.17. The third kappa shape index (κ3) is 7.15. The molecule has 1 aliphatic heterocycles. The zero-order chi connectivity index (χ0) is 32.2. The highest BCUT2D eigenvalue weighted by molar-refractivity contribution is 6.30. The monoisotopic (exact) mass is 638 g/mol. The van der Waals surface area contributed by atoms with E-state index < -0.39 is 47.0 Å². The first-order valence-corrected chi connectivity index (χ1v) is 14.0. The van der Waals surface area contributed by atoms with E-state index >= 15 is 0 Å². The van der Waals surface area contributed by atoms with Crippen LogP contribution in [-0.4, -0.2) is 40.0 Å². The van der Waals surface area contributed by atoms with Gasteiger partial charge >= 0.3 is 6.09 Å². The molecule has 10 nitrogen and oxygen atoms in total.